The van der Waals surface area contributed by atoms with Crippen molar-refractivity contribution in [3.63, 3.8) is 0 Å². The van der Waals surface area contributed by atoms with Gasteiger partial charge in [0.25, 0.3) is 12.3 Å². The molecule has 2 aromatic carbocycles. The molecule has 0 saturated carbocycles. The summed E-state index contributed by atoms with van der Waals surface area (Å²) in [6, 6.07) is 8.21. The predicted octanol–water partition coefficient (Wildman–Crippen LogP) is 3.80. The molecule has 1 aliphatic heterocycles. The standard InChI is InChI=1S/C21H19ClF4N4O3S/c22-12-3-1-11(2-4-12)8-30-9-13(27)10-34(31,32)18-6-15(23)14(5-17(18)30)21-29-28-19(33-21)7-16(24)20(25)26/h1-6,13,16,20H,7-10,27H2/t13-,16?/m1/s1. The van der Waals surface area contributed by atoms with E-state index in [2.05, 4.69) is 10.2 Å². The molecule has 0 aliphatic carbocycles. The van der Waals surface area contributed by atoms with Crippen LogP contribution >= 0.6 is 11.6 Å². The molecule has 182 valence electrons. The zero-order valence-corrected chi connectivity index (χ0v) is 19.0. The molecule has 0 fully saturated rings. The minimum absolute atomic E-state index is 0.146. The van der Waals surface area contributed by atoms with Gasteiger partial charge < -0.3 is 15.1 Å². The normalized spacial score (nSPS) is 18.6. The van der Waals surface area contributed by atoms with Crippen LogP contribution in [0.25, 0.3) is 11.5 Å². The Bertz CT molecular complexity index is 1290. The first-order valence-electron chi connectivity index (χ1n) is 10.1. The molecule has 13 heteroatoms. The molecule has 1 unspecified atom stereocenters. The average Bonchev–Trinajstić information content (AvgIpc) is 3.19. The Kier molecular flexibility index (Phi) is 6.83. The average molecular weight is 519 g/mol. The molecular formula is C21H19ClF4N4O3S. The van der Waals surface area contributed by atoms with Gasteiger partial charge in [-0.25, -0.2) is 26.0 Å². The van der Waals surface area contributed by atoms with Crippen LogP contribution in [-0.2, 0) is 22.8 Å². The summed E-state index contributed by atoms with van der Waals surface area (Å²) >= 11 is 5.94. The van der Waals surface area contributed by atoms with E-state index in [1.807, 2.05) is 0 Å². The van der Waals surface area contributed by atoms with Crippen molar-refractivity contribution in [2.75, 3.05) is 17.2 Å². The minimum Gasteiger partial charge on any atom is -0.420 e. The summed E-state index contributed by atoms with van der Waals surface area (Å²) in [5.41, 5.74) is 6.75. The second-order valence-corrected chi connectivity index (χ2v) is 10.3. The number of nitrogens with two attached hydrogens (primary N) is 1. The van der Waals surface area contributed by atoms with Crippen molar-refractivity contribution >= 4 is 27.1 Å². The Labute approximate surface area is 197 Å². The highest BCUT2D eigenvalue weighted by Gasteiger charge is 2.33. The highest BCUT2D eigenvalue weighted by molar-refractivity contribution is 7.91. The maximum absolute atomic E-state index is 15.0. The fourth-order valence-corrected chi connectivity index (χ4v) is 5.43. The lowest BCUT2D eigenvalue weighted by atomic mass is 10.1. The van der Waals surface area contributed by atoms with Crippen molar-refractivity contribution in [3.8, 4) is 11.5 Å². The summed E-state index contributed by atoms with van der Waals surface area (Å²) in [5.74, 6) is -2.20. The molecule has 0 amide bonds. The third-order valence-electron chi connectivity index (χ3n) is 5.24. The Hall–Kier alpha value is -2.70. The lowest BCUT2D eigenvalue weighted by Gasteiger charge is -2.26. The van der Waals surface area contributed by atoms with Crippen LogP contribution in [-0.4, -0.2) is 49.6 Å². The van der Waals surface area contributed by atoms with E-state index in [1.165, 1.54) is 6.07 Å². The van der Waals surface area contributed by atoms with Crippen molar-refractivity contribution in [2.24, 2.45) is 5.73 Å². The van der Waals surface area contributed by atoms with E-state index in [-0.39, 0.29) is 35.0 Å². The zero-order chi connectivity index (χ0) is 24.6. The number of hydrogen-bond acceptors (Lipinski definition) is 7. The summed E-state index contributed by atoms with van der Waals surface area (Å²) < 4.78 is 84.2. The lowest BCUT2D eigenvalue weighted by molar-refractivity contribution is 0.0469. The fraction of sp³-hybridized carbons (Fsp3) is 0.333. The number of nitrogens with zero attached hydrogens (tertiary/aromatic N) is 3. The van der Waals surface area contributed by atoms with E-state index >= 15 is 0 Å². The summed E-state index contributed by atoms with van der Waals surface area (Å²) in [6.45, 7) is 0.387. The summed E-state index contributed by atoms with van der Waals surface area (Å²) in [7, 11) is -3.93. The van der Waals surface area contributed by atoms with Crippen molar-refractivity contribution in [2.45, 2.75) is 36.5 Å². The monoisotopic (exact) mass is 518 g/mol. The third-order valence-corrected chi connectivity index (χ3v) is 7.36. The molecule has 1 aromatic heterocycles. The fourth-order valence-electron chi connectivity index (χ4n) is 3.67. The van der Waals surface area contributed by atoms with Crippen LogP contribution in [0.1, 0.15) is 11.5 Å². The Morgan fingerprint density at radius 1 is 1.18 bits per heavy atom. The Morgan fingerprint density at radius 3 is 2.56 bits per heavy atom. The number of anilines is 1. The van der Waals surface area contributed by atoms with Crippen LogP contribution in [0, 0.1) is 5.82 Å². The molecule has 2 N–H and O–H groups in total. The van der Waals surface area contributed by atoms with E-state index in [9.17, 15) is 26.0 Å². The van der Waals surface area contributed by atoms with Gasteiger partial charge in [0, 0.05) is 24.2 Å². The number of fused-ring (bicyclic) bond motifs is 1. The molecular weight excluding hydrogens is 500 g/mol. The molecule has 3 aromatic rings. The van der Waals surface area contributed by atoms with Crippen molar-refractivity contribution < 1.29 is 30.4 Å². The molecule has 1 aliphatic rings. The summed E-state index contributed by atoms with van der Waals surface area (Å²) in [5, 5.41) is 7.65. The first kappa shape index (κ1) is 24.4. The van der Waals surface area contributed by atoms with Crippen LogP contribution in [0.4, 0.5) is 23.2 Å². The number of halogens is 5. The summed E-state index contributed by atoms with van der Waals surface area (Å²) in [6.07, 6.45) is -6.61. The topological polar surface area (TPSA) is 102 Å². The van der Waals surface area contributed by atoms with E-state index in [1.54, 1.807) is 29.2 Å². The molecule has 0 radical (unpaired) electrons. The van der Waals surface area contributed by atoms with Crippen LogP contribution in [0.5, 0.6) is 0 Å². The van der Waals surface area contributed by atoms with Crippen LogP contribution < -0.4 is 10.6 Å². The molecule has 0 saturated heterocycles. The van der Waals surface area contributed by atoms with Gasteiger partial charge in [-0.05, 0) is 29.8 Å². The van der Waals surface area contributed by atoms with E-state index in [4.69, 9.17) is 21.8 Å². The number of rotatable bonds is 6. The van der Waals surface area contributed by atoms with Gasteiger partial charge in [-0.1, -0.05) is 23.7 Å². The highest BCUT2D eigenvalue weighted by atomic mass is 35.5. The largest absolute Gasteiger partial charge is 0.420 e. The van der Waals surface area contributed by atoms with Crippen LogP contribution in [0.3, 0.4) is 0 Å². The highest BCUT2D eigenvalue weighted by Crippen LogP contribution is 2.36. The lowest BCUT2D eigenvalue weighted by Crippen LogP contribution is -2.39. The molecule has 7 nitrogen and oxygen atoms in total. The third kappa shape index (κ3) is 5.18. The van der Waals surface area contributed by atoms with E-state index < -0.39 is 52.5 Å². The first-order valence-corrected chi connectivity index (χ1v) is 12.1. The van der Waals surface area contributed by atoms with Crippen molar-refractivity contribution in [1.82, 2.24) is 10.2 Å². The molecule has 0 spiro atoms. The maximum Gasteiger partial charge on any atom is 0.269 e. The predicted molar refractivity (Wildman–Crippen MR) is 117 cm³/mol. The number of benzene rings is 2. The van der Waals surface area contributed by atoms with Gasteiger partial charge in [0.1, 0.15) is 5.82 Å². The zero-order valence-electron chi connectivity index (χ0n) is 17.5. The van der Waals surface area contributed by atoms with Gasteiger partial charge in [0.2, 0.25) is 5.89 Å². The van der Waals surface area contributed by atoms with E-state index in [0.29, 0.717) is 5.02 Å². The van der Waals surface area contributed by atoms with Gasteiger partial charge >= 0.3 is 0 Å². The molecule has 0 bridgehead atoms. The van der Waals surface area contributed by atoms with Crippen LogP contribution in [0.15, 0.2) is 45.7 Å². The SMILES string of the molecule is N[C@@H]1CN(Cc2ccc(Cl)cc2)c2cc(-c3nnc(CC(F)C(F)F)o3)c(F)cc2S(=O)(=O)C1. The minimum atomic E-state index is -3.93. The number of alkyl halides is 3. The second kappa shape index (κ2) is 9.51. The number of sulfone groups is 1. The second-order valence-electron chi connectivity index (χ2n) is 7.90. The van der Waals surface area contributed by atoms with Gasteiger partial charge in [0.05, 0.1) is 28.3 Å². The quantitative estimate of drug-likeness (QED) is 0.495. The number of aromatic nitrogens is 2. The molecule has 4 rings (SSSR count). The van der Waals surface area contributed by atoms with Crippen molar-refractivity contribution in [3.05, 3.63) is 58.7 Å². The van der Waals surface area contributed by atoms with Crippen molar-refractivity contribution in [1.29, 1.82) is 0 Å². The van der Waals surface area contributed by atoms with Gasteiger partial charge in [-0.3, -0.25) is 0 Å². The van der Waals surface area contributed by atoms with Crippen LogP contribution in [0.2, 0.25) is 5.02 Å². The summed E-state index contributed by atoms with van der Waals surface area (Å²) in [4.78, 5) is 1.43. The first-order chi connectivity index (χ1) is 16.0. The molecule has 2 heterocycles. The van der Waals surface area contributed by atoms with E-state index in [0.717, 1.165) is 11.6 Å². The van der Waals surface area contributed by atoms with Gasteiger partial charge in [0.15, 0.2) is 16.0 Å². The smallest absolute Gasteiger partial charge is 0.269 e. The maximum atomic E-state index is 15.0. The Morgan fingerprint density at radius 2 is 1.88 bits per heavy atom. The van der Waals surface area contributed by atoms with Gasteiger partial charge in [-0.15, -0.1) is 10.2 Å². The molecule has 2 atom stereocenters. The van der Waals surface area contributed by atoms with Gasteiger partial charge in [-0.2, -0.15) is 0 Å². The number of hydrogen-bond donors (Lipinski definition) is 1. The Balaban J connectivity index is 1.76. The molecule has 34 heavy (non-hydrogen) atoms.